The molecule has 0 atom stereocenters. The van der Waals surface area contributed by atoms with Crippen molar-refractivity contribution in [1.82, 2.24) is 0 Å². The van der Waals surface area contributed by atoms with Crippen LogP contribution in [0.5, 0.6) is 0 Å². The SMILES string of the molecule is Cc1cccc(-c2cc(C#N)ccc2Cl)c1. The standard InChI is InChI=1S/C14H10ClN/c1-10-3-2-4-12(7-10)13-8-11(9-16)5-6-14(13)15/h2-8H,1H3. The lowest BCUT2D eigenvalue weighted by atomic mass is 10.0. The molecular weight excluding hydrogens is 218 g/mol. The molecule has 0 amide bonds. The van der Waals surface area contributed by atoms with Gasteiger partial charge in [0.05, 0.1) is 11.6 Å². The highest BCUT2D eigenvalue weighted by atomic mass is 35.5. The molecule has 2 aromatic rings. The van der Waals surface area contributed by atoms with E-state index in [0.717, 1.165) is 11.1 Å². The van der Waals surface area contributed by atoms with Gasteiger partial charge in [0.2, 0.25) is 0 Å². The quantitative estimate of drug-likeness (QED) is 0.717. The van der Waals surface area contributed by atoms with E-state index in [9.17, 15) is 0 Å². The zero-order valence-electron chi connectivity index (χ0n) is 8.87. The highest BCUT2D eigenvalue weighted by molar-refractivity contribution is 6.33. The number of hydrogen-bond donors (Lipinski definition) is 0. The van der Waals surface area contributed by atoms with E-state index in [2.05, 4.69) is 12.1 Å². The van der Waals surface area contributed by atoms with E-state index in [1.165, 1.54) is 5.56 Å². The molecule has 2 rings (SSSR count). The Balaban J connectivity index is 2.60. The summed E-state index contributed by atoms with van der Waals surface area (Å²) in [6.45, 7) is 2.03. The van der Waals surface area contributed by atoms with Crippen LogP contribution in [0.25, 0.3) is 11.1 Å². The van der Waals surface area contributed by atoms with Crippen molar-refractivity contribution in [3.05, 3.63) is 58.6 Å². The number of hydrogen-bond acceptors (Lipinski definition) is 1. The molecule has 0 aromatic heterocycles. The maximum absolute atomic E-state index is 8.86. The van der Waals surface area contributed by atoms with Crippen molar-refractivity contribution >= 4 is 11.6 Å². The number of nitriles is 1. The first-order chi connectivity index (χ1) is 7.70. The van der Waals surface area contributed by atoms with Gasteiger partial charge in [-0.2, -0.15) is 5.26 Å². The number of benzene rings is 2. The van der Waals surface area contributed by atoms with Crippen molar-refractivity contribution in [1.29, 1.82) is 5.26 Å². The van der Waals surface area contributed by atoms with E-state index in [0.29, 0.717) is 10.6 Å². The number of rotatable bonds is 1. The Morgan fingerprint density at radius 1 is 1.12 bits per heavy atom. The van der Waals surface area contributed by atoms with E-state index in [1.54, 1.807) is 12.1 Å². The Morgan fingerprint density at radius 2 is 1.94 bits per heavy atom. The van der Waals surface area contributed by atoms with Crippen molar-refractivity contribution in [3.63, 3.8) is 0 Å². The normalized spacial score (nSPS) is 9.81. The van der Waals surface area contributed by atoms with Gasteiger partial charge in [0.15, 0.2) is 0 Å². The molecule has 0 spiro atoms. The molecular formula is C14H10ClN. The molecule has 78 valence electrons. The first-order valence-corrected chi connectivity index (χ1v) is 5.35. The largest absolute Gasteiger partial charge is 0.192 e. The van der Waals surface area contributed by atoms with Crippen LogP contribution in [-0.2, 0) is 0 Å². The van der Waals surface area contributed by atoms with Crippen LogP contribution in [-0.4, -0.2) is 0 Å². The van der Waals surface area contributed by atoms with Crippen LogP contribution >= 0.6 is 11.6 Å². The van der Waals surface area contributed by atoms with Gasteiger partial charge in [-0.05, 0) is 30.7 Å². The van der Waals surface area contributed by atoms with E-state index in [-0.39, 0.29) is 0 Å². The lowest BCUT2D eigenvalue weighted by molar-refractivity contribution is 1.45. The summed E-state index contributed by atoms with van der Waals surface area (Å²) in [5.74, 6) is 0. The van der Waals surface area contributed by atoms with Crippen LogP contribution < -0.4 is 0 Å². The second kappa shape index (κ2) is 4.38. The van der Waals surface area contributed by atoms with E-state index >= 15 is 0 Å². The summed E-state index contributed by atoms with van der Waals surface area (Å²) in [6.07, 6.45) is 0. The fourth-order valence-electron chi connectivity index (χ4n) is 1.63. The van der Waals surface area contributed by atoms with Gasteiger partial charge in [0, 0.05) is 10.6 Å². The Kier molecular flexibility index (Phi) is 2.94. The first-order valence-electron chi connectivity index (χ1n) is 4.97. The molecule has 1 nitrogen and oxygen atoms in total. The van der Waals surface area contributed by atoms with E-state index in [1.807, 2.05) is 31.2 Å². The molecule has 0 fully saturated rings. The second-order valence-corrected chi connectivity index (χ2v) is 4.08. The monoisotopic (exact) mass is 227 g/mol. The van der Waals surface area contributed by atoms with Crippen molar-refractivity contribution in [2.24, 2.45) is 0 Å². The Hall–Kier alpha value is -1.78. The van der Waals surface area contributed by atoms with Crippen molar-refractivity contribution < 1.29 is 0 Å². The highest BCUT2D eigenvalue weighted by Crippen LogP contribution is 2.29. The van der Waals surface area contributed by atoms with Gasteiger partial charge in [-0.3, -0.25) is 0 Å². The number of aryl methyl sites for hydroxylation is 1. The third-order valence-corrected chi connectivity index (χ3v) is 2.75. The zero-order chi connectivity index (χ0) is 11.5. The molecule has 0 radical (unpaired) electrons. The van der Waals surface area contributed by atoms with Gasteiger partial charge in [-0.25, -0.2) is 0 Å². The van der Waals surface area contributed by atoms with Crippen LogP contribution in [0.3, 0.4) is 0 Å². The maximum atomic E-state index is 8.86. The van der Waals surface area contributed by atoms with Crippen molar-refractivity contribution in [2.45, 2.75) is 6.92 Å². The average molecular weight is 228 g/mol. The minimum absolute atomic E-state index is 0.626. The van der Waals surface area contributed by atoms with Crippen LogP contribution in [0, 0.1) is 18.3 Å². The smallest absolute Gasteiger partial charge is 0.0991 e. The number of halogens is 1. The predicted molar refractivity (Wildman–Crippen MR) is 66.3 cm³/mol. The van der Waals surface area contributed by atoms with Gasteiger partial charge in [0.1, 0.15) is 0 Å². The zero-order valence-corrected chi connectivity index (χ0v) is 9.62. The topological polar surface area (TPSA) is 23.8 Å². The lowest BCUT2D eigenvalue weighted by Crippen LogP contribution is -1.83. The van der Waals surface area contributed by atoms with Crippen LogP contribution in [0.2, 0.25) is 5.02 Å². The van der Waals surface area contributed by atoms with Crippen molar-refractivity contribution in [2.75, 3.05) is 0 Å². The molecule has 0 saturated heterocycles. The highest BCUT2D eigenvalue weighted by Gasteiger charge is 2.04. The second-order valence-electron chi connectivity index (χ2n) is 3.68. The van der Waals surface area contributed by atoms with Gasteiger partial charge >= 0.3 is 0 Å². The fourth-order valence-corrected chi connectivity index (χ4v) is 1.86. The molecule has 0 aliphatic heterocycles. The minimum atomic E-state index is 0.626. The lowest BCUT2D eigenvalue weighted by Gasteiger charge is -2.05. The Bertz CT molecular complexity index is 567. The van der Waals surface area contributed by atoms with Crippen LogP contribution in [0.15, 0.2) is 42.5 Å². The summed E-state index contributed by atoms with van der Waals surface area (Å²) in [7, 11) is 0. The Morgan fingerprint density at radius 3 is 2.62 bits per heavy atom. The van der Waals surface area contributed by atoms with E-state index < -0.39 is 0 Å². The molecule has 0 saturated carbocycles. The third-order valence-electron chi connectivity index (χ3n) is 2.42. The van der Waals surface area contributed by atoms with Gasteiger partial charge in [-0.15, -0.1) is 0 Å². The molecule has 0 bridgehead atoms. The summed E-state index contributed by atoms with van der Waals surface area (Å²) in [6, 6.07) is 15.5. The van der Waals surface area contributed by atoms with Gasteiger partial charge in [0.25, 0.3) is 0 Å². The minimum Gasteiger partial charge on any atom is -0.192 e. The molecule has 0 N–H and O–H groups in total. The van der Waals surface area contributed by atoms with E-state index in [4.69, 9.17) is 16.9 Å². The summed E-state index contributed by atoms with van der Waals surface area (Å²) in [4.78, 5) is 0. The molecule has 0 aliphatic rings. The molecule has 2 aromatic carbocycles. The summed E-state index contributed by atoms with van der Waals surface area (Å²) < 4.78 is 0. The van der Waals surface area contributed by atoms with Crippen LogP contribution in [0.1, 0.15) is 11.1 Å². The van der Waals surface area contributed by atoms with Gasteiger partial charge < -0.3 is 0 Å². The third kappa shape index (κ3) is 2.08. The fraction of sp³-hybridized carbons (Fsp3) is 0.0714. The molecule has 16 heavy (non-hydrogen) atoms. The predicted octanol–water partition coefficient (Wildman–Crippen LogP) is 4.19. The molecule has 0 heterocycles. The Labute approximate surface area is 99.9 Å². The molecule has 0 aliphatic carbocycles. The maximum Gasteiger partial charge on any atom is 0.0991 e. The summed E-state index contributed by atoms with van der Waals surface area (Å²) in [5, 5.41) is 9.53. The first kappa shape index (κ1) is 10.7. The molecule has 2 heteroatoms. The van der Waals surface area contributed by atoms with Crippen LogP contribution in [0.4, 0.5) is 0 Å². The average Bonchev–Trinajstić information content (AvgIpc) is 2.30. The molecule has 0 unspecified atom stereocenters. The summed E-state index contributed by atoms with van der Waals surface area (Å²) in [5.41, 5.74) is 3.75. The summed E-state index contributed by atoms with van der Waals surface area (Å²) >= 11 is 6.13. The van der Waals surface area contributed by atoms with Gasteiger partial charge in [-0.1, -0.05) is 41.4 Å². The van der Waals surface area contributed by atoms with Crippen molar-refractivity contribution in [3.8, 4) is 17.2 Å². The number of nitrogens with zero attached hydrogens (tertiary/aromatic N) is 1.